The molecule has 2 aromatic carbocycles. The molecule has 2 N–H and O–H groups in total. The molecule has 2 rings (SSSR count). The van der Waals surface area contributed by atoms with Crippen molar-refractivity contribution in [3.8, 4) is 5.75 Å². The monoisotopic (exact) mass is 375 g/mol. The van der Waals surface area contributed by atoms with E-state index in [-0.39, 0.29) is 27.8 Å². The molecule has 2 aromatic rings. The van der Waals surface area contributed by atoms with Crippen molar-refractivity contribution < 1.29 is 19.1 Å². The van der Waals surface area contributed by atoms with Gasteiger partial charge in [0.05, 0.1) is 17.8 Å². The van der Waals surface area contributed by atoms with E-state index in [1.807, 2.05) is 32.9 Å². The predicted octanol–water partition coefficient (Wildman–Crippen LogP) is 4.28. The number of esters is 1. The Morgan fingerprint density at radius 2 is 1.62 bits per heavy atom. The smallest absolute Gasteiger partial charge is 0.342 e. The first-order valence-electron chi connectivity index (χ1n) is 8.11. The van der Waals surface area contributed by atoms with Crippen LogP contribution in [-0.2, 0) is 4.74 Å². The van der Waals surface area contributed by atoms with Gasteiger partial charge in [0.25, 0.3) is 0 Å². The maximum atomic E-state index is 12.7. The number of hydrogen-bond acceptors (Lipinski definition) is 5. The third-order valence-corrected chi connectivity index (χ3v) is 4.63. The summed E-state index contributed by atoms with van der Waals surface area (Å²) in [4.78, 5) is 25.2. The number of Topliss-reactive ketones (excluding diaryl/α,β-unsaturated/α-hetero) is 1. The Bertz CT molecular complexity index is 877. The van der Waals surface area contributed by atoms with Crippen LogP contribution in [0.25, 0.3) is 0 Å². The van der Waals surface area contributed by atoms with Gasteiger partial charge in [-0.1, -0.05) is 17.7 Å². The number of methoxy groups -OCH3 is 1. The minimum atomic E-state index is -0.954. The molecule has 26 heavy (non-hydrogen) atoms. The van der Waals surface area contributed by atoms with Gasteiger partial charge in [-0.3, -0.25) is 4.79 Å². The molecule has 5 nitrogen and oxygen atoms in total. The maximum absolute atomic E-state index is 12.7. The molecule has 0 aromatic heterocycles. The summed E-state index contributed by atoms with van der Waals surface area (Å²) < 4.78 is 10.5. The van der Waals surface area contributed by atoms with Gasteiger partial charge in [0.2, 0.25) is 5.78 Å². The molecule has 0 heterocycles. The van der Waals surface area contributed by atoms with Crippen LogP contribution in [0.2, 0.25) is 5.02 Å². The number of aryl methyl sites for hydroxylation is 3. The summed E-state index contributed by atoms with van der Waals surface area (Å²) >= 11 is 5.98. The van der Waals surface area contributed by atoms with Gasteiger partial charge in [-0.25, -0.2) is 4.79 Å². The van der Waals surface area contributed by atoms with Gasteiger partial charge in [-0.15, -0.1) is 0 Å². The number of rotatable bonds is 5. The Morgan fingerprint density at radius 3 is 2.23 bits per heavy atom. The van der Waals surface area contributed by atoms with Crippen molar-refractivity contribution in [1.82, 2.24) is 0 Å². The third-order valence-electron chi connectivity index (χ3n) is 4.30. The van der Waals surface area contributed by atoms with E-state index in [1.54, 1.807) is 6.92 Å². The van der Waals surface area contributed by atoms with Crippen molar-refractivity contribution >= 4 is 29.0 Å². The van der Waals surface area contributed by atoms with Gasteiger partial charge in [0.15, 0.2) is 6.10 Å². The SMILES string of the molecule is COc1cc(N)c(Cl)cc1C(=O)OC(C)C(=O)c1cc(C)c(C)cc1C. The van der Waals surface area contributed by atoms with Crippen molar-refractivity contribution in [1.29, 1.82) is 0 Å². The number of halogens is 1. The number of benzene rings is 2. The van der Waals surface area contributed by atoms with Crippen LogP contribution in [0.15, 0.2) is 24.3 Å². The summed E-state index contributed by atoms with van der Waals surface area (Å²) in [5.41, 5.74) is 9.60. The fourth-order valence-electron chi connectivity index (χ4n) is 2.62. The highest BCUT2D eigenvalue weighted by atomic mass is 35.5. The van der Waals surface area contributed by atoms with Crippen LogP contribution in [0.3, 0.4) is 0 Å². The molecule has 1 unspecified atom stereocenters. The number of nitrogens with two attached hydrogens (primary N) is 1. The zero-order valence-corrected chi connectivity index (χ0v) is 16.2. The lowest BCUT2D eigenvalue weighted by Gasteiger charge is -2.16. The van der Waals surface area contributed by atoms with Crippen molar-refractivity contribution in [3.63, 3.8) is 0 Å². The minimum absolute atomic E-state index is 0.114. The summed E-state index contributed by atoms with van der Waals surface area (Å²) in [7, 11) is 1.41. The van der Waals surface area contributed by atoms with Crippen LogP contribution in [-0.4, -0.2) is 25.0 Å². The van der Waals surface area contributed by atoms with Crippen molar-refractivity contribution in [2.75, 3.05) is 12.8 Å². The molecule has 138 valence electrons. The molecule has 0 fully saturated rings. The summed E-state index contributed by atoms with van der Waals surface area (Å²) in [6.07, 6.45) is -0.954. The number of carbonyl (C=O) groups excluding carboxylic acids is 2. The van der Waals surface area contributed by atoms with E-state index in [4.69, 9.17) is 26.8 Å². The number of ketones is 1. The summed E-state index contributed by atoms with van der Waals surface area (Å²) in [6, 6.07) is 6.58. The first-order valence-corrected chi connectivity index (χ1v) is 8.49. The molecule has 0 spiro atoms. The van der Waals surface area contributed by atoms with Crippen LogP contribution in [0.1, 0.15) is 44.3 Å². The van der Waals surface area contributed by atoms with Gasteiger partial charge >= 0.3 is 5.97 Å². The summed E-state index contributed by atoms with van der Waals surface area (Å²) in [5.74, 6) is -0.732. The molecule has 0 bridgehead atoms. The van der Waals surface area contributed by atoms with E-state index in [0.29, 0.717) is 5.56 Å². The number of nitrogen functional groups attached to an aromatic ring is 1. The van der Waals surface area contributed by atoms with E-state index in [2.05, 4.69) is 0 Å². The first-order chi connectivity index (χ1) is 12.1. The molecule has 0 saturated carbocycles. The van der Waals surface area contributed by atoms with E-state index in [0.717, 1.165) is 16.7 Å². The second kappa shape index (κ2) is 7.79. The highest BCUT2D eigenvalue weighted by Crippen LogP contribution is 2.29. The predicted molar refractivity (Wildman–Crippen MR) is 102 cm³/mol. The Morgan fingerprint density at radius 1 is 1.00 bits per heavy atom. The van der Waals surface area contributed by atoms with Crippen LogP contribution in [0.5, 0.6) is 5.75 Å². The molecule has 0 saturated heterocycles. The zero-order valence-electron chi connectivity index (χ0n) is 15.5. The number of carbonyl (C=O) groups is 2. The second-order valence-electron chi connectivity index (χ2n) is 6.24. The Hall–Kier alpha value is -2.53. The molecular formula is C20H22ClNO4. The fourth-order valence-corrected chi connectivity index (χ4v) is 2.78. The Kier molecular flexibility index (Phi) is 5.93. The van der Waals surface area contributed by atoms with Crippen LogP contribution in [0.4, 0.5) is 5.69 Å². The number of anilines is 1. The molecule has 0 aliphatic heterocycles. The third kappa shape index (κ3) is 3.99. The van der Waals surface area contributed by atoms with Crippen molar-refractivity contribution in [3.05, 3.63) is 57.1 Å². The lowest BCUT2D eigenvalue weighted by atomic mass is 9.96. The first kappa shape index (κ1) is 19.8. The standard InChI is InChI=1S/C20H22ClNO4/c1-10-6-12(3)14(7-11(10)2)19(23)13(4)26-20(24)15-8-16(21)17(22)9-18(15)25-5/h6-9,13H,22H2,1-5H3. The van der Waals surface area contributed by atoms with Crippen LogP contribution < -0.4 is 10.5 Å². The molecule has 0 aliphatic carbocycles. The topological polar surface area (TPSA) is 78.6 Å². The number of hydrogen-bond donors (Lipinski definition) is 1. The summed E-state index contributed by atoms with van der Waals surface area (Å²) in [6.45, 7) is 7.32. The quantitative estimate of drug-likeness (QED) is 0.479. The van der Waals surface area contributed by atoms with Gasteiger partial charge in [0.1, 0.15) is 11.3 Å². The highest BCUT2D eigenvalue weighted by Gasteiger charge is 2.24. The Labute approximate surface area is 158 Å². The highest BCUT2D eigenvalue weighted by molar-refractivity contribution is 6.33. The van der Waals surface area contributed by atoms with E-state index >= 15 is 0 Å². The van der Waals surface area contributed by atoms with Crippen LogP contribution in [0, 0.1) is 20.8 Å². The molecular weight excluding hydrogens is 354 g/mol. The average Bonchev–Trinajstić information content (AvgIpc) is 2.59. The van der Waals surface area contributed by atoms with Crippen LogP contribution >= 0.6 is 11.6 Å². The second-order valence-corrected chi connectivity index (χ2v) is 6.64. The van der Waals surface area contributed by atoms with Crippen molar-refractivity contribution in [2.45, 2.75) is 33.8 Å². The summed E-state index contributed by atoms with van der Waals surface area (Å²) in [5, 5.41) is 0.210. The van der Waals surface area contributed by atoms with Crippen molar-refractivity contribution in [2.24, 2.45) is 0 Å². The molecule has 1 atom stereocenters. The average molecular weight is 376 g/mol. The lowest BCUT2D eigenvalue weighted by molar-refractivity contribution is 0.0315. The molecule has 0 aliphatic rings. The normalized spacial score (nSPS) is 11.8. The van der Waals surface area contributed by atoms with E-state index < -0.39 is 12.1 Å². The van der Waals surface area contributed by atoms with Gasteiger partial charge in [-0.2, -0.15) is 0 Å². The van der Waals surface area contributed by atoms with E-state index in [1.165, 1.54) is 19.2 Å². The van der Waals surface area contributed by atoms with Gasteiger partial charge in [0, 0.05) is 11.6 Å². The van der Waals surface area contributed by atoms with Gasteiger partial charge < -0.3 is 15.2 Å². The van der Waals surface area contributed by atoms with Gasteiger partial charge in [-0.05, 0) is 56.5 Å². The molecule has 6 heteroatoms. The zero-order chi connectivity index (χ0) is 19.6. The molecule has 0 amide bonds. The fraction of sp³-hybridized carbons (Fsp3) is 0.300. The van der Waals surface area contributed by atoms with E-state index in [9.17, 15) is 9.59 Å². The number of ether oxygens (including phenoxy) is 2. The molecule has 0 radical (unpaired) electrons. The maximum Gasteiger partial charge on any atom is 0.342 e. The minimum Gasteiger partial charge on any atom is -0.496 e. The lowest BCUT2D eigenvalue weighted by Crippen LogP contribution is -2.25. The Balaban J connectivity index is 2.26. The largest absolute Gasteiger partial charge is 0.496 e.